The number of carboxylic acid groups (broad SMARTS) is 1. The van der Waals surface area contributed by atoms with Crippen LogP contribution in [0.2, 0.25) is 0 Å². The highest BCUT2D eigenvalue weighted by atomic mass is 19.4. The Hall–Kier alpha value is -2.12. The number of carboxylic acids is 1. The maximum atomic E-state index is 13.5. The maximum absolute atomic E-state index is 13.5. The summed E-state index contributed by atoms with van der Waals surface area (Å²) in [4.78, 5) is 23.8. The van der Waals surface area contributed by atoms with E-state index in [0.29, 0.717) is 12.5 Å². The van der Waals surface area contributed by atoms with E-state index < -0.39 is 29.6 Å². The molecule has 2 rings (SSSR count). The predicted molar refractivity (Wildman–Crippen MR) is 67.2 cm³/mol. The van der Waals surface area contributed by atoms with Crippen molar-refractivity contribution in [3.8, 4) is 0 Å². The molecule has 0 saturated carbocycles. The Morgan fingerprint density at radius 2 is 2.05 bits per heavy atom. The molecular formula is C14H13F4NO3. The summed E-state index contributed by atoms with van der Waals surface area (Å²) in [5.74, 6) is -2.76. The molecule has 1 aliphatic rings. The average Bonchev–Trinajstić information content (AvgIpc) is 2.69. The molecule has 4 nitrogen and oxygen atoms in total. The van der Waals surface area contributed by atoms with Crippen molar-refractivity contribution >= 4 is 11.9 Å². The number of rotatable bonds is 4. The Morgan fingerprint density at radius 3 is 2.59 bits per heavy atom. The summed E-state index contributed by atoms with van der Waals surface area (Å²) in [6.45, 7) is -0.105. The summed E-state index contributed by atoms with van der Waals surface area (Å²) >= 11 is 0. The third-order valence-electron chi connectivity index (χ3n) is 3.55. The van der Waals surface area contributed by atoms with E-state index in [1.165, 1.54) is 4.90 Å². The Kier molecular flexibility index (Phi) is 4.39. The number of halogens is 4. The molecule has 1 aliphatic heterocycles. The molecule has 1 aromatic rings. The highest BCUT2D eigenvalue weighted by Crippen LogP contribution is 2.32. The lowest BCUT2D eigenvalue weighted by atomic mass is 10.1. The maximum Gasteiger partial charge on any atom is 0.419 e. The van der Waals surface area contributed by atoms with Crippen LogP contribution in [0.3, 0.4) is 0 Å². The first-order chi connectivity index (χ1) is 10.2. The van der Waals surface area contributed by atoms with Crippen LogP contribution >= 0.6 is 0 Å². The molecule has 0 aliphatic carbocycles. The number of aliphatic carboxylic acids is 1. The molecule has 1 fully saturated rings. The van der Waals surface area contributed by atoms with E-state index in [-0.39, 0.29) is 30.9 Å². The standard InChI is InChI=1S/C14H13F4NO3/c15-11-5-8(1-3-10(11)14(16,17)18)7-19-9(6-13(21)22)2-4-12(19)20/h1,3,5,9H,2,4,6-7H2,(H,21,22). The molecule has 8 heteroatoms. The van der Waals surface area contributed by atoms with E-state index in [1.807, 2.05) is 0 Å². The van der Waals surface area contributed by atoms with Crippen LogP contribution in [0.4, 0.5) is 17.6 Å². The van der Waals surface area contributed by atoms with Crippen LogP contribution in [0, 0.1) is 5.82 Å². The largest absolute Gasteiger partial charge is 0.481 e. The average molecular weight is 319 g/mol. The van der Waals surface area contributed by atoms with Crippen molar-refractivity contribution in [1.29, 1.82) is 0 Å². The highest BCUT2D eigenvalue weighted by molar-refractivity contribution is 5.80. The monoisotopic (exact) mass is 319 g/mol. The molecule has 1 N–H and O–H groups in total. The molecule has 1 saturated heterocycles. The van der Waals surface area contributed by atoms with Crippen LogP contribution in [0.5, 0.6) is 0 Å². The van der Waals surface area contributed by atoms with E-state index in [9.17, 15) is 27.2 Å². The molecule has 1 amide bonds. The van der Waals surface area contributed by atoms with Crippen LogP contribution in [0.1, 0.15) is 30.4 Å². The number of benzene rings is 1. The molecule has 0 radical (unpaired) electrons. The lowest BCUT2D eigenvalue weighted by molar-refractivity contribution is -0.141. The van der Waals surface area contributed by atoms with Crippen molar-refractivity contribution in [2.24, 2.45) is 0 Å². The minimum absolute atomic E-state index is 0.105. The first kappa shape index (κ1) is 16.3. The Morgan fingerprint density at radius 1 is 1.36 bits per heavy atom. The summed E-state index contributed by atoms with van der Waals surface area (Å²) in [6, 6.07) is 1.93. The fourth-order valence-electron chi connectivity index (χ4n) is 2.51. The lowest BCUT2D eigenvalue weighted by Crippen LogP contribution is -2.34. The molecule has 1 atom stereocenters. The van der Waals surface area contributed by atoms with Crippen molar-refractivity contribution < 1.29 is 32.3 Å². The smallest absolute Gasteiger partial charge is 0.419 e. The second-order valence-corrected chi connectivity index (χ2v) is 5.12. The Labute approximate surface area is 123 Å². The van der Waals surface area contributed by atoms with Gasteiger partial charge in [0.05, 0.1) is 12.0 Å². The summed E-state index contributed by atoms with van der Waals surface area (Å²) in [5.41, 5.74) is -1.18. The van der Waals surface area contributed by atoms with Crippen molar-refractivity contribution in [2.75, 3.05) is 0 Å². The van der Waals surface area contributed by atoms with Crippen LogP contribution in [-0.4, -0.2) is 27.9 Å². The van der Waals surface area contributed by atoms with E-state index in [0.717, 1.165) is 12.1 Å². The Bertz CT molecular complexity index is 600. The van der Waals surface area contributed by atoms with Gasteiger partial charge in [-0.25, -0.2) is 4.39 Å². The normalized spacial score (nSPS) is 18.8. The van der Waals surface area contributed by atoms with Crippen LogP contribution in [-0.2, 0) is 22.3 Å². The Balaban J connectivity index is 2.17. The van der Waals surface area contributed by atoms with Gasteiger partial charge >= 0.3 is 12.1 Å². The predicted octanol–water partition coefficient (Wildman–Crippen LogP) is 2.81. The second kappa shape index (κ2) is 5.94. The minimum Gasteiger partial charge on any atom is -0.481 e. The van der Waals surface area contributed by atoms with Gasteiger partial charge in [0.15, 0.2) is 0 Å². The van der Waals surface area contributed by atoms with Crippen molar-refractivity contribution in [3.63, 3.8) is 0 Å². The van der Waals surface area contributed by atoms with Gasteiger partial charge in [0.25, 0.3) is 0 Å². The number of alkyl halides is 3. The van der Waals surface area contributed by atoms with Gasteiger partial charge in [0.2, 0.25) is 5.91 Å². The van der Waals surface area contributed by atoms with Gasteiger partial charge in [-0.2, -0.15) is 13.2 Å². The summed E-state index contributed by atoms with van der Waals surface area (Å²) in [5, 5.41) is 8.79. The molecule has 0 aromatic heterocycles. The fraction of sp³-hybridized carbons (Fsp3) is 0.429. The van der Waals surface area contributed by atoms with Gasteiger partial charge in [-0.05, 0) is 24.1 Å². The molecule has 22 heavy (non-hydrogen) atoms. The molecule has 1 aromatic carbocycles. The molecule has 0 bridgehead atoms. The molecule has 0 spiro atoms. The number of carbonyl (C=O) groups is 2. The molecule has 1 unspecified atom stereocenters. The third-order valence-corrected chi connectivity index (χ3v) is 3.55. The number of hydrogen-bond acceptors (Lipinski definition) is 2. The van der Waals surface area contributed by atoms with E-state index in [1.54, 1.807) is 0 Å². The first-order valence-electron chi connectivity index (χ1n) is 6.55. The lowest BCUT2D eigenvalue weighted by Gasteiger charge is -2.24. The van der Waals surface area contributed by atoms with Crippen molar-refractivity contribution in [2.45, 2.75) is 38.0 Å². The van der Waals surface area contributed by atoms with Gasteiger partial charge < -0.3 is 10.0 Å². The van der Waals surface area contributed by atoms with Crippen molar-refractivity contribution in [1.82, 2.24) is 4.90 Å². The van der Waals surface area contributed by atoms with E-state index >= 15 is 0 Å². The van der Waals surface area contributed by atoms with Gasteiger partial charge in [-0.1, -0.05) is 6.07 Å². The fourth-order valence-corrected chi connectivity index (χ4v) is 2.51. The van der Waals surface area contributed by atoms with E-state index in [4.69, 9.17) is 5.11 Å². The van der Waals surface area contributed by atoms with Crippen LogP contribution in [0.25, 0.3) is 0 Å². The van der Waals surface area contributed by atoms with Gasteiger partial charge in [0, 0.05) is 19.0 Å². The second-order valence-electron chi connectivity index (χ2n) is 5.12. The molecular weight excluding hydrogens is 306 g/mol. The van der Waals surface area contributed by atoms with Crippen LogP contribution in [0.15, 0.2) is 18.2 Å². The highest BCUT2D eigenvalue weighted by Gasteiger charge is 2.35. The zero-order valence-corrected chi connectivity index (χ0v) is 11.4. The third kappa shape index (κ3) is 3.55. The first-order valence-corrected chi connectivity index (χ1v) is 6.55. The molecule has 120 valence electrons. The number of carbonyl (C=O) groups excluding carboxylic acids is 1. The van der Waals surface area contributed by atoms with Crippen molar-refractivity contribution in [3.05, 3.63) is 35.1 Å². The molecule has 1 heterocycles. The summed E-state index contributed by atoms with van der Waals surface area (Å²) in [7, 11) is 0. The number of likely N-dealkylation sites (tertiary alicyclic amines) is 1. The van der Waals surface area contributed by atoms with Gasteiger partial charge in [-0.15, -0.1) is 0 Å². The van der Waals surface area contributed by atoms with Gasteiger partial charge in [0.1, 0.15) is 5.82 Å². The quantitative estimate of drug-likeness (QED) is 0.868. The SMILES string of the molecule is O=C(O)CC1CCC(=O)N1Cc1ccc(C(F)(F)F)c(F)c1. The number of hydrogen-bond donors (Lipinski definition) is 1. The number of amides is 1. The van der Waals surface area contributed by atoms with Gasteiger partial charge in [-0.3, -0.25) is 9.59 Å². The zero-order chi connectivity index (χ0) is 16.5. The summed E-state index contributed by atoms with van der Waals surface area (Å²) in [6.07, 6.45) is -4.47. The summed E-state index contributed by atoms with van der Waals surface area (Å²) < 4.78 is 51.0. The minimum atomic E-state index is -4.78. The van der Waals surface area contributed by atoms with E-state index in [2.05, 4.69) is 0 Å². The topological polar surface area (TPSA) is 57.6 Å². The van der Waals surface area contributed by atoms with Crippen LogP contribution < -0.4 is 0 Å². The number of nitrogens with zero attached hydrogens (tertiary/aromatic N) is 1. The zero-order valence-electron chi connectivity index (χ0n) is 11.4.